The van der Waals surface area contributed by atoms with Crippen molar-refractivity contribution in [1.29, 1.82) is 0 Å². The molecule has 0 spiro atoms. The third kappa shape index (κ3) is 4.88. The molecule has 0 radical (unpaired) electrons. The van der Waals surface area contributed by atoms with Gasteiger partial charge in [0.25, 0.3) is 0 Å². The molecule has 0 aliphatic rings. The first-order chi connectivity index (χ1) is 12.2. The molecule has 0 heterocycles. The Balaban J connectivity index is 2.28. The molecule has 2 rings (SSSR count). The van der Waals surface area contributed by atoms with Gasteiger partial charge < -0.3 is 19.5 Å². The molecule has 0 saturated heterocycles. The predicted octanol–water partition coefficient (Wildman–Crippen LogP) is 3.37. The quantitative estimate of drug-likeness (QED) is 0.661. The minimum absolute atomic E-state index is 0.205. The zero-order chi connectivity index (χ0) is 19.3. The number of hydrogen-bond donors (Lipinski definition) is 1. The number of halogens is 3. The predicted molar refractivity (Wildman–Crippen MR) is 85.8 cm³/mol. The lowest BCUT2D eigenvalue weighted by Gasteiger charge is -2.12. The second-order valence-corrected chi connectivity index (χ2v) is 4.93. The number of hydrogen-bond acceptors (Lipinski definition) is 5. The van der Waals surface area contributed by atoms with Crippen LogP contribution in [0.15, 0.2) is 42.5 Å². The average Bonchev–Trinajstić information content (AvgIpc) is 2.60. The summed E-state index contributed by atoms with van der Waals surface area (Å²) in [5.41, 5.74) is 1.34. The van der Waals surface area contributed by atoms with Crippen molar-refractivity contribution in [1.82, 2.24) is 0 Å². The molecular weight excluding hydrogens is 355 g/mol. The van der Waals surface area contributed by atoms with E-state index in [-0.39, 0.29) is 11.4 Å². The molecule has 1 amide bonds. The molecule has 2 aromatic carbocycles. The molecule has 0 aliphatic carbocycles. The van der Waals surface area contributed by atoms with Gasteiger partial charge in [0, 0.05) is 0 Å². The van der Waals surface area contributed by atoms with Gasteiger partial charge in [-0.2, -0.15) is 0 Å². The molecule has 0 aliphatic heterocycles. The van der Waals surface area contributed by atoms with E-state index in [1.54, 1.807) is 12.1 Å². The summed E-state index contributed by atoms with van der Waals surface area (Å²) in [7, 11) is 2.45. The molecule has 0 bridgehead atoms. The lowest BCUT2D eigenvalue weighted by Crippen LogP contribution is -2.24. The molecule has 0 fully saturated rings. The number of nitrogens with one attached hydrogen (secondary N) is 1. The Morgan fingerprint density at radius 1 is 0.962 bits per heavy atom. The Labute approximate surface area is 146 Å². The first-order valence-electron chi connectivity index (χ1n) is 7.17. The fourth-order valence-electron chi connectivity index (χ4n) is 2.10. The Kier molecular flexibility index (Phi) is 5.71. The van der Waals surface area contributed by atoms with Crippen molar-refractivity contribution >= 4 is 17.6 Å². The van der Waals surface area contributed by atoms with Crippen LogP contribution in [-0.4, -0.2) is 32.5 Å². The van der Waals surface area contributed by atoms with Crippen molar-refractivity contribution in [3.63, 3.8) is 0 Å². The number of benzene rings is 2. The molecule has 1 N–H and O–H groups in total. The zero-order valence-corrected chi connectivity index (χ0v) is 13.7. The Hall–Kier alpha value is -3.23. The van der Waals surface area contributed by atoms with Crippen LogP contribution in [0.25, 0.3) is 11.1 Å². The number of anilines is 1. The van der Waals surface area contributed by atoms with Gasteiger partial charge in [-0.25, -0.2) is 4.79 Å². The molecule has 0 saturated carbocycles. The largest absolute Gasteiger partial charge is 0.573 e. The van der Waals surface area contributed by atoms with Gasteiger partial charge in [-0.05, 0) is 35.4 Å². The highest BCUT2D eigenvalue weighted by Crippen LogP contribution is 2.32. The fourth-order valence-corrected chi connectivity index (χ4v) is 2.10. The van der Waals surface area contributed by atoms with Crippen molar-refractivity contribution in [3.8, 4) is 22.6 Å². The van der Waals surface area contributed by atoms with Crippen molar-refractivity contribution in [3.05, 3.63) is 42.5 Å². The second-order valence-electron chi connectivity index (χ2n) is 4.93. The van der Waals surface area contributed by atoms with Crippen LogP contribution in [0.2, 0.25) is 0 Å². The summed E-state index contributed by atoms with van der Waals surface area (Å²) < 4.78 is 49.9. The van der Waals surface area contributed by atoms with Gasteiger partial charge in [-0.15, -0.1) is 13.2 Å². The highest BCUT2D eigenvalue weighted by atomic mass is 19.4. The maximum atomic E-state index is 12.2. The van der Waals surface area contributed by atoms with Crippen molar-refractivity contribution < 1.29 is 37.0 Å². The zero-order valence-electron chi connectivity index (χ0n) is 13.7. The molecule has 6 nitrogen and oxygen atoms in total. The van der Waals surface area contributed by atoms with E-state index in [0.29, 0.717) is 16.9 Å². The van der Waals surface area contributed by atoms with Gasteiger partial charge in [-0.3, -0.25) is 4.79 Å². The van der Waals surface area contributed by atoms with Crippen LogP contribution in [0.5, 0.6) is 11.5 Å². The summed E-state index contributed by atoms with van der Waals surface area (Å²) in [5.74, 6) is -2.13. The van der Waals surface area contributed by atoms with Crippen LogP contribution in [0.4, 0.5) is 18.9 Å². The maximum Gasteiger partial charge on any atom is 0.573 e. The van der Waals surface area contributed by atoms with Crippen LogP contribution in [0.3, 0.4) is 0 Å². The maximum absolute atomic E-state index is 12.2. The third-order valence-electron chi connectivity index (χ3n) is 3.24. The average molecular weight is 369 g/mol. The van der Waals surface area contributed by atoms with E-state index in [1.807, 2.05) is 0 Å². The first-order valence-corrected chi connectivity index (χ1v) is 7.17. The SMILES string of the molecule is COC(=O)C(=O)Nc1cc(-c2ccc(OC(F)(F)F)cc2)ccc1OC. The topological polar surface area (TPSA) is 73.9 Å². The van der Waals surface area contributed by atoms with Gasteiger partial charge >= 0.3 is 18.2 Å². The van der Waals surface area contributed by atoms with Crippen molar-refractivity contribution in [2.45, 2.75) is 6.36 Å². The molecule has 0 aromatic heterocycles. The minimum atomic E-state index is -4.77. The van der Waals surface area contributed by atoms with Gasteiger partial charge in [0.05, 0.1) is 19.9 Å². The van der Waals surface area contributed by atoms with Crippen LogP contribution in [0.1, 0.15) is 0 Å². The Morgan fingerprint density at radius 3 is 2.12 bits per heavy atom. The lowest BCUT2D eigenvalue weighted by atomic mass is 10.0. The highest BCUT2D eigenvalue weighted by molar-refractivity contribution is 6.37. The summed E-state index contributed by atoms with van der Waals surface area (Å²) in [6.07, 6.45) is -4.77. The Morgan fingerprint density at radius 2 is 1.58 bits per heavy atom. The second kappa shape index (κ2) is 7.77. The van der Waals surface area contributed by atoms with Crippen LogP contribution in [0, 0.1) is 0 Å². The number of carbonyl (C=O) groups is 2. The number of methoxy groups -OCH3 is 2. The summed E-state index contributed by atoms with van der Waals surface area (Å²) in [6, 6.07) is 9.89. The van der Waals surface area contributed by atoms with Crippen LogP contribution < -0.4 is 14.8 Å². The molecule has 2 aromatic rings. The number of ether oxygens (including phenoxy) is 3. The van der Waals surface area contributed by atoms with E-state index in [9.17, 15) is 22.8 Å². The van der Waals surface area contributed by atoms with E-state index in [0.717, 1.165) is 7.11 Å². The lowest BCUT2D eigenvalue weighted by molar-refractivity contribution is -0.274. The third-order valence-corrected chi connectivity index (χ3v) is 3.24. The summed E-state index contributed by atoms with van der Waals surface area (Å²) in [4.78, 5) is 22.9. The van der Waals surface area contributed by atoms with E-state index >= 15 is 0 Å². The molecule has 9 heteroatoms. The van der Waals surface area contributed by atoms with Crippen molar-refractivity contribution in [2.24, 2.45) is 0 Å². The normalized spacial score (nSPS) is 10.8. The standard InChI is InChI=1S/C17H14F3NO5/c1-24-14-8-5-11(9-13(14)21-15(22)16(23)25-2)10-3-6-12(7-4-10)26-17(18,19)20/h3-9H,1-2H3,(H,21,22). The van der Waals surface area contributed by atoms with E-state index < -0.39 is 18.2 Å². The van der Waals surface area contributed by atoms with Gasteiger partial charge in [0.2, 0.25) is 0 Å². The highest BCUT2D eigenvalue weighted by Gasteiger charge is 2.31. The first kappa shape index (κ1) is 19.1. The van der Waals surface area contributed by atoms with Gasteiger partial charge in [0.15, 0.2) is 0 Å². The molecular formula is C17H14F3NO5. The van der Waals surface area contributed by atoms with Gasteiger partial charge in [0.1, 0.15) is 11.5 Å². The monoisotopic (exact) mass is 369 g/mol. The summed E-state index contributed by atoms with van der Waals surface area (Å²) in [6.45, 7) is 0. The molecule has 0 atom stereocenters. The Bertz CT molecular complexity index is 803. The molecule has 0 unspecified atom stereocenters. The number of esters is 1. The minimum Gasteiger partial charge on any atom is -0.495 e. The van der Waals surface area contributed by atoms with Gasteiger partial charge in [-0.1, -0.05) is 18.2 Å². The van der Waals surface area contributed by atoms with E-state index in [2.05, 4.69) is 14.8 Å². The fraction of sp³-hybridized carbons (Fsp3) is 0.176. The number of rotatable bonds is 4. The van der Waals surface area contributed by atoms with E-state index in [4.69, 9.17) is 4.74 Å². The molecule has 138 valence electrons. The van der Waals surface area contributed by atoms with Crippen molar-refractivity contribution in [2.75, 3.05) is 19.5 Å². The van der Waals surface area contributed by atoms with E-state index in [1.165, 1.54) is 37.4 Å². The number of carbonyl (C=O) groups excluding carboxylic acids is 2. The summed E-state index contributed by atoms with van der Waals surface area (Å²) >= 11 is 0. The summed E-state index contributed by atoms with van der Waals surface area (Å²) in [5, 5.41) is 2.35. The number of alkyl halides is 3. The van der Waals surface area contributed by atoms with Crippen LogP contribution >= 0.6 is 0 Å². The smallest absolute Gasteiger partial charge is 0.495 e. The van der Waals surface area contributed by atoms with Crippen LogP contribution in [-0.2, 0) is 14.3 Å². The number of amides is 1. The molecule has 26 heavy (non-hydrogen) atoms.